The molecule has 2 aromatic carbocycles. The molecule has 8 heteroatoms. The summed E-state index contributed by atoms with van der Waals surface area (Å²) >= 11 is 0. The number of hydrogen-bond acceptors (Lipinski definition) is 5. The summed E-state index contributed by atoms with van der Waals surface area (Å²) in [5.74, 6) is 1.39. The first-order valence-corrected chi connectivity index (χ1v) is 10.3. The van der Waals surface area contributed by atoms with E-state index in [-0.39, 0.29) is 11.7 Å². The second-order valence-corrected chi connectivity index (χ2v) is 7.59. The predicted octanol–water partition coefficient (Wildman–Crippen LogP) is 3.64. The van der Waals surface area contributed by atoms with Crippen LogP contribution in [0.2, 0.25) is 0 Å². The van der Waals surface area contributed by atoms with Crippen molar-refractivity contribution in [2.45, 2.75) is 39.8 Å². The molecule has 31 heavy (non-hydrogen) atoms. The lowest BCUT2D eigenvalue weighted by Gasteiger charge is -2.09. The number of aromatic amines is 1. The average Bonchev–Trinajstić information content (AvgIpc) is 3.42. The van der Waals surface area contributed by atoms with Gasteiger partial charge in [0.2, 0.25) is 0 Å². The van der Waals surface area contributed by atoms with Gasteiger partial charge in [-0.05, 0) is 47.9 Å². The van der Waals surface area contributed by atoms with E-state index in [1.54, 1.807) is 9.25 Å². The van der Waals surface area contributed by atoms with Gasteiger partial charge in [-0.3, -0.25) is 4.57 Å². The first-order chi connectivity index (χ1) is 15.1. The zero-order valence-corrected chi connectivity index (χ0v) is 17.9. The van der Waals surface area contributed by atoms with Gasteiger partial charge < -0.3 is 0 Å². The highest BCUT2D eigenvalue weighted by Crippen LogP contribution is 2.29. The first-order valence-electron chi connectivity index (χ1n) is 10.3. The quantitative estimate of drug-likeness (QED) is 0.465. The standard InChI is InChI=1S/C23H25N7O/c1-4-5-10-21-26-30(16(2)3)23(31)29(21)15-17-11-13-18(14-12-17)19-8-6-7-9-20(19)22-24-27-28-25-22/h4-9,11-14,16H,10,15H2,1-3H3,(H,24,25,27,28). The smallest absolute Gasteiger partial charge is 0.274 e. The summed E-state index contributed by atoms with van der Waals surface area (Å²) in [5.41, 5.74) is 3.97. The van der Waals surface area contributed by atoms with Crippen molar-refractivity contribution in [3.63, 3.8) is 0 Å². The SMILES string of the molecule is CC=CCc1nn(C(C)C)c(=O)n1Cc1ccc(-c2ccccc2-c2nnn[nH]2)cc1. The topological polar surface area (TPSA) is 94.3 Å². The van der Waals surface area contributed by atoms with Gasteiger partial charge in [-0.1, -0.05) is 60.7 Å². The highest BCUT2D eigenvalue weighted by atomic mass is 16.2. The molecule has 0 atom stereocenters. The van der Waals surface area contributed by atoms with Crippen LogP contribution in [0.3, 0.4) is 0 Å². The minimum absolute atomic E-state index is 0.0163. The fraction of sp³-hybridized carbons (Fsp3) is 0.261. The number of aromatic nitrogens is 7. The van der Waals surface area contributed by atoms with Crippen LogP contribution >= 0.6 is 0 Å². The van der Waals surface area contributed by atoms with Crippen LogP contribution in [0.4, 0.5) is 0 Å². The van der Waals surface area contributed by atoms with Crippen molar-refractivity contribution >= 4 is 0 Å². The molecule has 0 saturated heterocycles. The van der Waals surface area contributed by atoms with Gasteiger partial charge in [0.25, 0.3) is 0 Å². The third-order valence-corrected chi connectivity index (χ3v) is 5.12. The zero-order chi connectivity index (χ0) is 21.8. The van der Waals surface area contributed by atoms with Crippen LogP contribution in [-0.4, -0.2) is 35.0 Å². The van der Waals surface area contributed by atoms with E-state index in [0.29, 0.717) is 18.8 Å². The Bertz CT molecular complexity index is 1230. The van der Waals surface area contributed by atoms with Gasteiger partial charge in [0.05, 0.1) is 12.6 Å². The molecular formula is C23H25N7O. The molecule has 0 spiro atoms. The van der Waals surface area contributed by atoms with Crippen molar-refractivity contribution in [3.05, 3.63) is 82.6 Å². The van der Waals surface area contributed by atoms with Crippen LogP contribution in [0, 0.1) is 0 Å². The molecule has 0 radical (unpaired) electrons. The molecule has 4 rings (SSSR count). The molecule has 0 aliphatic carbocycles. The maximum absolute atomic E-state index is 12.9. The maximum Gasteiger partial charge on any atom is 0.346 e. The molecule has 0 saturated carbocycles. The Morgan fingerprint density at radius 2 is 1.81 bits per heavy atom. The van der Waals surface area contributed by atoms with Crippen molar-refractivity contribution in [3.8, 4) is 22.5 Å². The number of H-pyrrole nitrogens is 1. The molecule has 2 aromatic heterocycles. The second-order valence-electron chi connectivity index (χ2n) is 7.59. The van der Waals surface area contributed by atoms with Crippen molar-refractivity contribution in [1.82, 2.24) is 35.0 Å². The van der Waals surface area contributed by atoms with Gasteiger partial charge >= 0.3 is 5.69 Å². The molecule has 0 amide bonds. The van der Waals surface area contributed by atoms with Crippen molar-refractivity contribution in [2.75, 3.05) is 0 Å². The largest absolute Gasteiger partial charge is 0.346 e. The van der Waals surface area contributed by atoms with Crippen molar-refractivity contribution in [2.24, 2.45) is 0 Å². The molecule has 0 aliphatic heterocycles. The number of hydrogen-bond donors (Lipinski definition) is 1. The molecule has 158 valence electrons. The predicted molar refractivity (Wildman–Crippen MR) is 120 cm³/mol. The van der Waals surface area contributed by atoms with Crippen LogP contribution in [0.1, 0.15) is 38.2 Å². The van der Waals surface area contributed by atoms with Crippen LogP contribution in [-0.2, 0) is 13.0 Å². The summed E-state index contributed by atoms with van der Waals surface area (Å²) < 4.78 is 3.30. The molecule has 0 aliphatic rings. The lowest BCUT2D eigenvalue weighted by molar-refractivity contribution is 0.505. The summed E-state index contributed by atoms with van der Waals surface area (Å²) in [6.07, 6.45) is 4.61. The molecular weight excluding hydrogens is 390 g/mol. The van der Waals surface area contributed by atoms with Gasteiger partial charge in [0.1, 0.15) is 5.82 Å². The molecule has 8 nitrogen and oxygen atoms in total. The fourth-order valence-electron chi connectivity index (χ4n) is 3.51. The lowest BCUT2D eigenvalue weighted by Crippen LogP contribution is -2.27. The summed E-state index contributed by atoms with van der Waals surface area (Å²) in [4.78, 5) is 12.9. The van der Waals surface area contributed by atoms with E-state index in [1.807, 2.05) is 69.3 Å². The van der Waals surface area contributed by atoms with E-state index in [2.05, 4.69) is 37.9 Å². The molecule has 0 bridgehead atoms. The highest BCUT2D eigenvalue weighted by Gasteiger charge is 2.15. The van der Waals surface area contributed by atoms with Gasteiger partial charge in [0, 0.05) is 12.0 Å². The van der Waals surface area contributed by atoms with Crippen LogP contribution in [0.5, 0.6) is 0 Å². The van der Waals surface area contributed by atoms with Gasteiger partial charge in [-0.25, -0.2) is 14.6 Å². The number of nitrogens with zero attached hydrogens (tertiary/aromatic N) is 6. The Hall–Kier alpha value is -3.81. The Morgan fingerprint density at radius 1 is 1.06 bits per heavy atom. The monoisotopic (exact) mass is 415 g/mol. The third kappa shape index (κ3) is 4.23. The average molecular weight is 416 g/mol. The summed E-state index contributed by atoms with van der Waals surface area (Å²) in [6, 6.07) is 16.2. The normalized spacial score (nSPS) is 11.6. The Balaban J connectivity index is 1.65. The lowest BCUT2D eigenvalue weighted by atomic mass is 9.98. The Morgan fingerprint density at radius 3 is 2.45 bits per heavy atom. The van der Waals surface area contributed by atoms with Crippen LogP contribution in [0.15, 0.2) is 65.5 Å². The van der Waals surface area contributed by atoms with E-state index < -0.39 is 0 Å². The Kier molecular flexibility index (Phi) is 5.88. The number of allylic oxidation sites excluding steroid dienone is 2. The molecule has 0 fully saturated rings. The minimum Gasteiger partial charge on any atom is -0.274 e. The summed E-state index contributed by atoms with van der Waals surface area (Å²) in [5, 5.41) is 18.8. The number of nitrogens with one attached hydrogen (secondary N) is 1. The maximum atomic E-state index is 12.9. The van der Waals surface area contributed by atoms with Gasteiger partial charge in [-0.2, -0.15) is 5.10 Å². The van der Waals surface area contributed by atoms with E-state index in [0.717, 1.165) is 28.1 Å². The summed E-state index contributed by atoms with van der Waals surface area (Å²) in [6.45, 7) is 6.38. The van der Waals surface area contributed by atoms with E-state index in [4.69, 9.17) is 0 Å². The van der Waals surface area contributed by atoms with Crippen LogP contribution in [0.25, 0.3) is 22.5 Å². The molecule has 0 unspecified atom stereocenters. The third-order valence-electron chi connectivity index (χ3n) is 5.12. The molecule has 1 N–H and O–H groups in total. The van der Waals surface area contributed by atoms with Crippen LogP contribution < -0.4 is 5.69 Å². The number of rotatable bonds is 7. The van der Waals surface area contributed by atoms with E-state index in [9.17, 15) is 4.79 Å². The minimum atomic E-state index is -0.0817. The first kappa shape index (κ1) is 20.5. The van der Waals surface area contributed by atoms with Crippen molar-refractivity contribution in [1.29, 1.82) is 0 Å². The zero-order valence-electron chi connectivity index (χ0n) is 17.9. The fourth-order valence-corrected chi connectivity index (χ4v) is 3.51. The molecule has 2 heterocycles. The summed E-state index contributed by atoms with van der Waals surface area (Å²) in [7, 11) is 0. The van der Waals surface area contributed by atoms with E-state index >= 15 is 0 Å². The number of benzene rings is 2. The second kappa shape index (κ2) is 8.91. The van der Waals surface area contributed by atoms with Gasteiger partial charge in [0.15, 0.2) is 5.82 Å². The highest BCUT2D eigenvalue weighted by molar-refractivity contribution is 5.80. The van der Waals surface area contributed by atoms with Crippen molar-refractivity contribution < 1.29 is 0 Å². The molecule has 4 aromatic rings. The van der Waals surface area contributed by atoms with Gasteiger partial charge in [-0.15, -0.1) is 5.10 Å². The van der Waals surface area contributed by atoms with E-state index in [1.165, 1.54) is 0 Å². The Labute approximate surface area is 180 Å². The number of tetrazole rings is 1.